The Balaban J connectivity index is 2.69. The van der Waals surface area contributed by atoms with Gasteiger partial charge in [-0.2, -0.15) is 0 Å². The monoisotopic (exact) mass is 278 g/mol. The molecule has 0 saturated carbocycles. The van der Waals surface area contributed by atoms with Crippen LogP contribution < -0.4 is 11.1 Å². The summed E-state index contributed by atoms with van der Waals surface area (Å²) in [6, 6.07) is 3.67. The number of anilines is 1. The second kappa shape index (κ2) is 7.90. The molecular formula is C16H26N2O2. The number of amides is 1. The van der Waals surface area contributed by atoms with Gasteiger partial charge in [0.2, 0.25) is 0 Å². The number of nitrogens with two attached hydrogens (primary N) is 1. The molecule has 1 amide bonds. The van der Waals surface area contributed by atoms with Gasteiger partial charge in [-0.15, -0.1) is 0 Å². The van der Waals surface area contributed by atoms with E-state index in [-0.39, 0.29) is 12.5 Å². The van der Waals surface area contributed by atoms with E-state index in [0.717, 1.165) is 30.4 Å². The molecule has 0 saturated heterocycles. The van der Waals surface area contributed by atoms with Gasteiger partial charge in [0.1, 0.15) is 0 Å². The average Bonchev–Trinajstić information content (AvgIpc) is 2.40. The third kappa shape index (κ3) is 4.53. The fourth-order valence-electron chi connectivity index (χ4n) is 2.39. The minimum absolute atomic E-state index is 0.0896. The van der Waals surface area contributed by atoms with Crippen LogP contribution in [-0.4, -0.2) is 24.2 Å². The molecule has 0 aliphatic carbocycles. The Bertz CT molecular complexity index is 452. The molecule has 0 aliphatic heterocycles. The molecule has 0 radical (unpaired) electrons. The van der Waals surface area contributed by atoms with Crippen LogP contribution in [-0.2, 0) is 0 Å². The normalized spacial score (nSPS) is 12.2. The zero-order chi connectivity index (χ0) is 15.1. The summed E-state index contributed by atoms with van der Waals surface area (Å²) < 4.78 is 0. The summed E-state index contributed by atoms with van der Waals surface area (Å²) in [7, 11) is 0. The van der Waals surface area contributed by atoms with Crippen molar-refractivity contribution < 1.29 is 9.90 Å². The number of aliphatic hydroxyl groups is 1. The van der Waals surface area contributed by atoms with Crippen molar-refractivity contribution in [3.63, 3.8) is 0 Å². The van der Waals surface area contributed by atoms with E-state index in [2.05, 4.69) is 12.2 Å². The van der Waals surface area contributed by atoms with Gasteiger partial charge in [0.25, 0.3) is 5.91 Å². The maximum atomic E-state index is 12.2. The van der Waals surface area contributed by atoms with Crippen LogP contribution in [0.3, 0.4) is 0 Å². The Morgan fingerprint density at radius 1 is 1.30 bits per heavy atom. The Kier molecular flexibility index (Phi) is 6.52. The molecule has 1 atom stereocenters. The highest BCUT2D eigenvalue weighted by molar-refractivity contribution is 5.96. The molecule has 0 spiro atoms. The summed E-state index contributed by atoms with van der Waals surface area (Å²) in [5, 5.41) is 12.0. The van der Waals surface area contributed by atoms with E-state index in [0.29, 0.717) is 23.7 Å². The van der Waals surface area contributed by atoms with Crippen LogP contribution in [0.25, 0.3) is 0 Å². The van der Waals surface area contributed by atoms with Gasteiger partial charge in [-0.05, 0) is 49.8 Å². The molecule has 0 aliphatic rings. The number of nitrogens with one attached hydrogen (secondary N) is 1. The fourth-order valence-corrected chi connectivity index (χ4v) is 2.39. The van der Waals surface area contributed by atoms with Crippen molar-refractivity contribution in [3.8, 4) is 0 Å². The second-order valence-electron chi connectivity index (χ2n) is 5.40. The third-order valence-corrected chi connectivity index (χ3v) is 3.64. The number of carbonyl (C=O) groups is 1. The predicted octanol–water partition coefficient (Wildman–Crippen LogP) is 2.41. The van der Waals surface area contributed by atoms with Crippen molar-refractivity contribution in [2.75, 3.05) is 18.9 Å². The van der Waals surface area contributed by atoms with E-state index in [1.54, 1.807) is 6.07 Å². The predicted molar refractivity (Wildman–Crippen MR) is 82.8 cm³/mol. The molecule has 20 heavy (non-hydrogen) atoms. The molecule has 0 aromatic heterocycles. The lowest BCUT2D eigenvalue weighted by Gasteiger charge is -2.16. The van der Waals surface area contributed by atoms with Gasteiger partial charge in [-0.3, -0.25) is 4.79 Å². The number of carbonyl (C=O) groups excluding carboxylic acids is 1. The molecule has 0 fully saturated rings. The van der Waals surface area contributed by atoms with E-state index >= 15 is 0 Å². The van der Waals surface area contributed by atoms with E-state index in [1.165, 1.54) is 0 Å². The van der Waals surface area contributed by atoms with Crippen LogP contribution >= 0.6 is 0 Å². The smallest absolute Gasteiger partial charge is 0.251 e. The molecule has 1 unspecified atom stereocenters. The summed E-state index contributed by atoms with van der Waals surface area (Å²) in [5.41, 5.74) is 9.06. The number of hydrogen-bond donors (Lipinski definition) is 3. The summed E-state index contributed by atoms with van der Waals surface area (Å²) in [4.78, 5) is 12.2. The van der Waals surface area contributed by atoms with E-state index < -0.39 is 0 Å². The van der Waals surface area contributed by atoms with Crippen molar-refractivity contribution >= 4 is 11.6 Å². The van der Waals surface area contributed by atoms with Crippen LogP contribution in [0.4, 0.5) is 5.69 Å². The summed E-state index contributed by atoms with van der Waals surface area (Å²) >= 11 is 0. The van der Waals surface area contributed by atoms with E-state index in [4.69, 9.17) is 10.8 Å². The van der Waals surface area contributed by atoms with Crippen LogP contribution in [0, 0.1) is 19.8 Å². The lowest BCUT2D eigenvalue weighted by atomic mass is 9.99. The summed E-state index contributed by atoms with van der Waals surface area (Å²) in [6.45, 7) is 6.72. The first-order valence-electron chi connectivity index (χ1n) is 7.25. The minimum Gasteiger partial charge on any atom is -0.398 e. The zero-order valence-electron chi connectivity index (χ0n) is 12.7. The zero-order valence-corrected chi connectivity index (χ0v) is 12.7. The van der Waals surface area contributed by atoms with Crippen LogP contribution in [0.15, 0.2) is 12.1 Å². The number of aryl methyl sites for hydroxylation is 2. The van der Waals surface area contributed by atoms with Crippen molar-refractivity contribution in [1.29, 1.82) is 0 Å². The third-order valence-electron chi connectivity index (χ3n) is 3.64. The maximum absolute atomic E-state index is 12.2. The van der Waals surface area contributed by atoms with Crippen molar-refractivity contribution in [2.24, 2.45) is 5.92 Å². The van der Waals surface area contributed by atoms with Crippen LogP contribution in [0.1, 0.15) is 47.7 Å². The van der Waals surface area contributed by atoms with Crippen molar-refractivity contribution in [1.82, 2.24) is 5.32 Å². The van der Waals surface area contributed by atoms with E-state index in [9.17, 15) is 4.79 Å². The molecule has 4 nitrogen and oxygen atoms in total. The molecule has 1 aromatic carbocycles. The molecule has 0 heterocycles. The van der Waals surface area contributed by atoms with Gasteiger partial charge in [0.05, 0.1) is 0 Å². The Morgan fingerprint density at radius 3 is 2.60 bits per heavy atom. The molecule has 4 N–H and O–H groups in total. The first kappa shape index (κ1) is 16.5. The number of nitrogen functional groups attached to an aromatic ring is 1. The van der Waals surface area contributed by atoms with Crippen molar-refractivity contribution in [3.05, 3.63) is 28.8 Å². The van der Waals surface area contributed by atoms with Gasteiger partial charge in [-0.1, -0.05) is 19.4 Å². The SMILES string of the molecule is CCCC(CCO)CNC(=O)c1cc(N)c(C)cc1C. The number of benzene rings is 1. The minimum atomic E-state index is -0.0896. The average molecular weight is 278 g/mol. The van der Waals surface area contributed by atoms with Crippen LogP contribution in [0.2, 0.25) is 0 Å². The Hall–Kier alpha value is -1.55. The molecule has 112 valence electrons. The molecule has 4 heteroatoms. The van der Waals surface area contributed by atoms with Gasteiger partial charge in [-0.25, -0.2) is 0 Å². The maximum Gasteiger partial charge on any atom is 0.251 e. The lowest BCUT2D eigenvalue weighted by molar-refractivity contribution is 0.0942. The highest BCUT2D eigenvalue weighted by Gasteiger charge is 2.13. The van der Waals surface area contributed by atoms with Crippen molar-refractivity contribution in [2.45, 2.75) is 40.0 Å². The standard InChI is InChI=1S/C16H26N2O2/c1-4-5-13(6-7-19)10-18-16(20)14-9-15(17)12(3)8-11(14)2/h8-9,13,19H,4-7,10,17H2,1-3H3,(H,18,20). The molecule has 1 rings (SSSR count). The first-order chi connectivity index (χ1) is 9.49. The lowest BCUT2D eigenvalue weighted by Crippen LogP contribution is -2.30. The first-order valence-corrected chi connectivity index (χ1v) is 7.25. The molecule has 0 bridgehead atoms. The Morgan fingerprint density at radius 2 is 2.00 bits per heavy atom. The number of hydrogen-bond acceptors (Lipinski definition) is 3. The van der Waals surface area contributed by atoms with Crippen LogP contribution in [0.5, 0.6) is 0 Å². The highest BCUT2D eigenvalue weighted by atomic mass is 16.3. The van der Waals surface area contributed by atoms with Gasteiger partial charge in [0, 0.05) is 24.4 Å². The topological polar surface area (TPSA) is 75.3 Å². The number of aliphatic hydroxyl groups excluding tert-OH is 1. The van der Waals surface area contributed by atoms with Gasteiger partial charge in [0.15, 0.2) is 0 Å². The summed E-state index contributed by atoms with van der Waals surface area (Å²) in [6.07, 6.45) is 2.79. The quantitative estimate of drug-likeness (QED) is 0.670. The van der Waals surface area contributed by atoms with E-state index in [1.807, 2.05) is 19.9 Å². The molecule has 1 aromatic rings. The molecular weight excluding hydrogens is 252 g/mol. The second-order valence-corrected chi connectivity index (χ2v) is 5.40. The summed E-state index contributed by atoms with van der Waals surface area (Å²) in [5.74, 6) is 0.241. The Labute approximate surface area is 121 Å². The highest BCUT2D eigenvalue weighted by Crippen LogP contribution is 2.18. The van der Waals surface area contributed by atoms with Gasteiger partial charge >= 0.3 is 0 Å². The number of rotatable bonds is 7. The van der Waals surface area contributed by atoms with Gasteiger partial charge < -0.3 is 16.2 Å². The fraction of sp³-hybridized carbons (Fsp3) is 0.562. The largest absolute Gasteiger partial charge is 0.398 e.